The van der Waals surface area contributed by atoms with E-state index in [-0.39, 0.29) is 0 Å². The van der Waals surface area contributed by atoms with Gasteiger partial charge in [-0.25, -0.2) is 0 Å². The maximum Gasteiger partial charge on any atom is 0.303 e. The molecule has 0 saturated heterocycles. The molecular formula is C11H18O2. The molecule has 0 radical (unpaired) electrons. The van der Waals surface area contributed by atoms with Gasteiger partial charge in [-0.05, 0) is 42.4 Å². The fourth-order valence-electron chi connectivity index (χ4n) is 3.67. The van der Waals surface area contributed by atoms with Gasteiger partial charge >= 0.3 is 5.97 Å². The predicted molar refractivity (Wildman–Crippen MR) is 50.4 cm³/mol. The Bertz CT molecular complexity index is 232. The van der Waals surface area contributed by atoms with Crippen molar-refractivity contribution in [2.45, 2.75) is 39.5 Å². The molecule has 0 aromatic rings. The van der Waals surface area contributed by atoms with Crippen molar-refractivity contribution in [2.75, 3.05) is 0 Å². The van der Waals surface area contributed by atoms with Crippen molar-refractivity contribution >= 4 is 5.97 Å². The zero-order valence-electron chi connectivity index (χ0n) is 8.42. The van der Waals surface area contributed by atoms with Crippen molar-refractivity contribution in [1.29, 1.82) is 0 Å². The van der Waals surface area contributed by atoms with Crippen LogP contribution in [0.1, 0.15) is 39.5 Å². The Hall–Kier alpha value is -0.530. The van der Waals surface area contributed by atoms with Gasteiger partial charge in [-0.1, -0.05) is 13.8 Å². The first kappa shape index (κ1) is 9.04. The summed E-state index contributed by atoms with van der Waals surface area (Å²) in [4.78, 5) is 10.6. The van der Waals surface area contributed by atoms with Crippen molar-refractivity contribution < 1.29 is 9.90 Å². The lowest BCUT2D eigenvalue weighted by Gasteiger charge is -2.25. The Morgan fingerprint density at radius 2 is 2.15 bits per heavy atom. The molecule has 2 aliphatic carbocycles. The summed E-state index contributed by atoms with van der Waals surface area (Å²) in [5, 5.41) is 8.77. The molecule has 1 N–H and O–H groups in total. The molecule has 74 valence electrons. The van der Waals surface area contributed by atoms with E-state index < -0.39 is 5.97 Å². The molecule has 3 atom stereocenters. The summed E-state index contributed by atoms with van der Waals surface area (Å²) in [6, 6.07) is 0. The van der Waals surface area contributed by atoms with Gasteiger partial charge in [0.25, 0.3) is 0 Å². The van der Waals surface area contributed by atoms with Crippen molar-refractivity contribution in [1.82, 2.24) is 0 Å². The first-order valence-corrected chi connectivity index (χ1v) is 5.23. The molecule has 3 unspecified atom stereocenters. The largest absolute Gasteiger partial charge is 0.481 e. The van der Waals surface area contributed by atoms with Gasteiger partial charge < -0.3 is 5.11 Å². The SMILES string of the molecule is CC1(C)C2CCC1C(CC(=O)O)C2. The number of carboxylic acid groups (broad SMARTS) is 1. The van der Waals surface area contributed by atoms with E-state index in [0.29, 0.717) is 23.7 Å². The minimum atomic E-state index is -0.617. The van der Waals surface area contributed by atoms with Gasteiger partial charge in [0.15, 0.2) is 0 Å². The number of aliphatic carboxylic acids is 1. The van der Waals surface area contributed by atoms with Gasteiger partial charge in [-0.2, -0.15) is 0 Å². The van der Waals surface area contributed by atoms with Crippen LogP contribution in [0, 0.1) is 23.2 Å². The van der Waals surface area contributed by atoms with Crippen LogP contribution < -0.4 is 0 Å². The molecule has 2 nitrogen and oxygen atoms in total. The van der Waals surface area contributed by atoms with E-state index in [4.69, 9.17) is 5.11 Å². The summed E-state index contributed by atoms with van der Waals surface area (Å²) in [5.41, 5.74) is 0.417. The van der Waals surface area contributed by atoms with E-state index in [0.717, 1.165) is 12.3 Å². The summed E-state index contributed by atoms with van der Waals surface area (Å²) < 4.78 is 0. The van der Waals surface area contributed by atoms with Crippen molar-refractivity contribution in [3.63, 3.8) is 0 Å². The molecule has 0 amide bonds. The monoisotopic (exact) mass is 182 g/mol. The maximum atomic E-state index is 10.6. The first-order valence-electron chi connectivity index (χ1n) is 5.23. The maximum absolute atomic E-state index is 10.6. The summed E-state index contributed by atoms with van der Waals surface area (Å²) >= 11 is 0. The Balaban J connectivity index is 2.09. The number of fused-ring (bicyclic) bond motifs is 2. The van der Waals surface area contributed by atoms with Crippen molar-refractivity contribution in [3.8, 4) is 0 Å². The fraction of sp³-hybridized carbons (Fsp3) is 0.909. The van der Waals surface area contributed by atoms with Crippen molar-refractivity contribution in [2.24, 2.45) is 23.2 Å². The number of hydrogen-bond donors (Lipinski definition) is 1. The van der Waals surface area contributed by atoms with Crippen LogP contribution >= 0.6 is 0 Å². The molecule has 2 aliphatic rings. The second kappa shape index (κ2) is 2.73. The van der Waals surface area contributed by atoms with Crippen LogP contribution in [0.15, 0.2) is 0 Å². The number of hydrogen-bond acceptors (Lipinski definition) is 1. The molecule has 2 saturated carbocycles. The molecule has 0 spiro atoms. The average Bonchev–Trinajstić information content (AvgIpc) is 2.38. The van der Waals surface area contributed by atoms with Crippen LogP contribution in [0.3, 0.4) is 0 Å². The van der Waals surface area contributed by atoms with Gasteiger partial charge in [0.05, 0.1) is 0 Å². The van der Waals surface area contributed by atoms with Crippen LogP contribution in [-0.2, 0) is 4.79 Å². The second-order valence-corrected chi connectivity index (χ2v) is 5.30. The van der Waals surface area contributed by atoms with E-state index in [1.165, 1.54) is 12.8 Å². The molecule has 0 aromatic heterocycles. The summed E-state index contributed by atoms with van der Waals surface area (Å²) in [6.45, 7) is 4.63. The van der Waals surface area contributed by atoms with Crippen LogP contribution in [-0.4, -0.2) is 11.1 Å². The standard InChI is InChI=1S/C11H18O2/c1-11(2)8-3-4-9(11)7(5-8)6-10(12)13/h7-9H,3-6H2,1-2H3,(H,12,13). The minimum Gasteiger partial charge on any atom is -0.481 e. The highest BCUT2D eigenvalue weighted by molar-refractivity contribution is 5.67. The molecular weight excluding hydrogens is 164 g/mol. The molecule has 2 fully saturated rings. The number of carboxylic acids is 1. The first-order chi connectivity index (χ1) is 6.01. The van der Waals surface area contributed by atoms with Gasteiger partial charge in [-0.15, -0.1) is 0 Å². The Morgan fingerprint density at radius 1 is 1.46 bits per heavy atom. The number of rotatable bonds is 2. The average molecular weight is 182 g/mol. The highest BCUT2D eigenvalue weighted by atomic mass is 16.4. The van der Waals surface area contributed by atoms with Crippen LogP contribution in [0.5, 0.6) is 0 Å². The Labute approximate surface area is 79.3 Å². The highest BCUT2D eigenvalue weighted by Crippen LogP contribution is 2.60. The lowest BCUT2D eigenvalue weighted by atomic mass is 9.79. The molecule has 0 aromatic carbocycles. The molecule has 2 heteroatoms. The highest BCUT2D eigenvalue weighted by Gasteiger charge is 2.53. The van der Waals surface area contributed by atoms with E-state index in [1.54, 1.807) is 0 Å². The second-order valence-electron chi connectivity index (χ2n) is 5.30. The number of carbonyl (C=O) groups is 1. The smallest absolute Gasteiger partial charge is 0.303 e. The van der Waals surface area contributed by atoms with Gasteiger partial charge in [0.2, 0.25) is 0 Å². The molecule has 0 aliphatic heterocycles. The zero-order chi connectivity index (χ0) is 9.64. The van der Waals surface area contributed by atoms with E-state index in [2.05, 4.69) is 13.8 Å². The van der Waals surface area contributed by atoms with Gasteiger partial charge in [0.1, 0.15) is 0 Å². The van der Waals surface area contributed by atoms with Crippen LogP contribution in [0.4, 0.5) is 0 Å². The minimum absolute atomic E-state index is 0.393. The lowest BCUT2D eigenvalue weighted by Crippen LogP contribution is -2.21. The zero-order valence-corrected chi connectivity index (χ0v) is 8.42. The summed E-state index contributed by atoms with van der Waals surface area (Å²) in [5.74, 6) is 1.31. The molecule has 13 heavy (non-hydrogen) atoms. The van der Waals surface area contributed by atoms with Crippen LogP contribution in [0.2, 0.25) is 0 Å². The van der Waals surface area contributed by atoms with Gasteiger partial charge in [-0.3, -0.25) is 4.79 Å². The molecule has 2 rings (SSSR count). The van der Waals surface area contributed by atoms with Gasteiger partial charge in [0, 0.05) is 6.42 Å². The predicted octanol–water partition coefficient (Wildman–Crippen LogP) is 2.53. The third-order valence-electron chi connectivity index (χ3n) is 4.43. The third kappa shape index (κ3) is 1.27. The molecule has 0 heterocycles. The lowest BCUT2D eigenvalue weighted by molar-refractivity contribution is -0.138. The Kier molecular flexibility index (Phi) is 1.90. The third-order valence-corrected chi connectivity index (χ3v) is 4.43. The summed E-state index contributed by atoms with van der Waals surface area (Å²) in [6.07, 6.45) is 4.14. The van der Waals surface area contributed by atoms with Crippen molar-refractivity contribution in [3.05, 3.63) is 0 Å². The normalized spacial score (nSPS) is 40.9. The fourth-order valence-corrected chi connectivity index (χ4v) is 3.67. The van der Waals surface area contributed by atoms with E-state index in [1.807, 2.05) is 0 Å². The van der Waals surface area contributed by atoms with E-state index >= 15 is 0 Å². The van der Waals surface area contributed by atoms with E-state index in [9.17, 15) is 4.79 Å². The van der Waals surface area contributed by atoms with Crippen LogP contribution in [0.25, 0.3) is 0 Å². The Morgan fingerprint density at radius 3 is 2.54 bits per heavy atom. The molecule has 2 bridgehead atoms. The summed E-state index contributed by atoms with van der Waals surface area (Å²) in [7, 11) is 0. The topological polar surface area (TPSA) is 37.3 Å². The quantitative estimate of drug-likeness (QED) is 0.712.